The zero-order valence-corrected chi connectivity index (χ0v) is 37.0. The summed E-state index contributed by atoms with van der Waals surface area (Å²) in [5, 5.41) is 15.3. The third kappa shape index (κ3) is 16.1. The van der Waals surface area contributed by atoms with Crippen LogP contribution in [0.3, 0.4) is 0 Å². The summed E-state index contributed by atoms with van der Waals surface area (Å²) in [5.74, 6) is -15.3. The van der Waals surface area contributed by atoms with Gasteiger partial charge in [0.1, 0.15) is 30.6 Å². The molecule has 0 spiro atoms. The Hall–Kier alpha value is -5.86. The van der Waals surface area contributed by atoms with Gasteiger partial charge in [0.15, 0.2) is 29.4 Å². The van der Waals surface area contributed by atoms with Gasteiger partial charge in [0.05, 0.1) is 39.1 Å². The van der Waals surface area contributed by atoms with Gasteiger partial charge in [-0.15, -0.1) is 0 Å². The molecule has 2 rings (SSSR count). The molecule has 17 nitrogen and oxygen atoms in total. The number of hydrogen-bond donors (Lipinski definition) is 6. The average Bonchev–Trinajstić information content (AvgIpc) is 3.20. The molecule has 0 fully saturated rings. The fourth-order valence-electron chi connectivity index (χ4n) is 6.06. The van der Waals surface area contributed by atoms with E-state index in [1.54, 1.807) is 45.9 Å². The van der Waals surface area contributed by atoms with E-state index in [9.17, 15) is 55.9 Å². The number of ketones is 1. The maximum Gasteiger partial charge on any atom is 0.313 e. The van der Waals surface area contributed by atoms with Crippen LogP contribution in [0, 0.1) is 11.8 Å². The number of benzene rings is 1. The van der Waals surface area contributed by atoms with Gasteiger partial charge in [-0.2, -0.15) is 4.39 Å². The lowest BCUT2D eigenvalue weighted by molar-refractivity contribution is -0.144. The fourth-order valence-corrected chi connectivity index (χ4v) is 6.06. The van der Waals surface area contributed by atoms with Gasteiger partial charge in [-0.25, -0.2) is 13.2 Å². The summed E-state index contributed by atoms with van der Waals surface area (Å²) in [5.41, 5.74) is 0.825. The number of nitrogens with one attached hydrogen (secondary N) is 6. The number of ether oxygens (including phenoxy) is 3. The minimum absolute atomic E-state index is 0.226. The third-order valence-corrected chi connectivity index (χ3v) is 9.65. The highest BCUT2D eigenvalue weighted by Gasteiger charge is 2.35. The van der Waals surface area contributed by atoms with Crippen molar-refractivity contribution in [2.24, 2.45) is 11.8 Å². The van der Waals surface area contributed by atoms with Crippen LogP contribution in [0.5, 0.6) is 0 Å². The van der Waals surface area contributed by atoms with E-state index in [2.05, 4.69) is 36.6 Å². The quantitative estimate of drug-likeness (QED) is 0.0594. The highest BCUT2D eigenvalue weighted by Crippen LogP contribution is 2.35. The molecule has 5 amide bonds. The second kappa shape index (κ2) is 24.1. The molecule has 63 heavy (non-hydrogen) atoms. The zero-order valence-electron chi connectivity index (χ0n) is 37.0. The van der Waals surface area contributed by atoms with Gasteiger partial charge in [-0.05, 0) is 35.8 Å². The molecule has 1 aromatic carbocycles. The van der Waals surface area contributed by atoms with Crippen molar-refractivity contribution < 1.29 is 70.1 Å². The first-order chi connectivity index (χ1) is 29.3. The first kappa shape index (κ1) is 53.3. The van der Waals surface area contributed by atoms with E-state index >= 15 is 0 Å². The van der Waals surface area contributed by atoms with Gasteiger partial charge < -0.3 is 46.1 Å². The number of anilines is 1. The Bertz CT molecular complexity index is 1930. The minimum atomic E-state index is -2.56. The van der Waals surface area contributed by atoms with Crippen LogP contribution < -0.4 is 31.9 Å². The number of carbonyl (C=O) groups is 8. The molecule has 4 unspecified atom stereocenters. The molecule has 1 aliphatic rings. The lowest BCUT2D eigenvalue weighted by Crippen LogP contribution is -2.58. The molecule has 1 aliphatic carbocycles. The minimum Gasteiger partial charge on any atom is -0.480 e. The van der Waals surface area contributed by atoms with Crippen molar-refractivity contribution in [2.45, 2.75) is 116 Å². The van der Waals surface area contributed by atoms with Crippen molar-refractivity contribution in [3.05, 3.63) is 53.1 Å². The van der Waals surface area contributed by atoms with Crippen molar-refractivity contribution in [3.8, 4) is 0 Å². The number of allylic oxidation sites excluding steroid dienone is 3. The molecule has 1 aromatic rings. The third-order valence-electron chi connectivity index (χ3n) is 9.65. The van der Waals surface area contributed by atoms with E-state index < -0.39 is 145 Å². The largest absolute Gasteiger partial charge is 0.480 e. The van der Waals surface area contributed by atoms with Crippen molar-refractivity contribution in [1.29, 1.82) is 0 Å². The number of Topliss-reactive ketones (excluding diaryl/α,β-unsaturated/α-hetero) is 1. The fraction of sp³-hybridized carbons (Fsp3) is 0.571. The smallest absolute Gasteiger partial charge is 0.313 e. The molecule has 0 heterocycles. The Morgan fingerprint density at radius 3 is 1.89 bits per heavy atom. The van der Waals surface area contributed by atoms with E-state index in [0.29, 0.717) is 5.69 Å². The Morgan fingerprint density at radius 2 is 1.32 bits per heavy atom. The highest BCUT2D eigenvalue weighted by atomic mass is 19.2. The summed E-state index contributed by atoms with van der Waals surface area (Å²) in [7, 11) is 2.11. The summed E-state index contributed by atoms with van der Waals surface area (Å²) in [6.45, 7) is 12.1. The van der Waals surface area contributed by atoms with Gasteiger partial charge in [-0.1, -0.05) is 66.7 Å². The molecule has 0 bridgehead atoms. The molecule has 0 aromatic heterocycles. The van der Waals surface area contributed by atoms with Crippen LogP contribution in [-0.4, -0.2) is 111 Å². The van der Waals surface area contributed by atoms with Gasteiger partial charge in [-0.3, -0.25) is 38.4 Å². The first-order valence-corrected chi connectivity index (χ1v) is 20.1. The van der Waals surface area contributed by atoms with Crippen molar-refractivity contribution in [3.63, 3.8) is 0 Å². The standard InChI is InChI=1S/C42H58F4N6O11/c1-20(2)34(38(57)48-22(5)37(56)51-28(17-31(55)62-10)29(53)19-63-36-32(45)25(43)16-26(44)33(36)46)47-18-23(15-30(54)61-9)49-39(58)35(21(3)4)52-41(60)40(59)50-27-14-12-11-13-24(27)42(6,7)8/h11-14,20-23,25,28,34-35,47H,15-19H2,1-10H3,(H,48,57)(H,49,58)(H,50,59)(H,51,56)(H,52,60)/t22-,23-,25?,28?,34?,35?/m0/s1. The molecule has 6 N–H and O–H groups in total. The monoisotopic (exact) mass is 898 g/mol. The number of carbonyl (C=O) groups excluding carboxylic acids is 8. The Balaban J connectivity index is 2.16. The normalized spacial score (nSPS) is 16.5. The maximum atomic E-state index is 14.2. The summed E-state index contributed by atoms with van der Waals surface area (Å²) >= 11 is 0. The Kier molecular flexibility index (Phi) is 20.4. The van der Waals surface area contributed by atoms with Crippen LogP contribution >= 0.6 is 0 Å². The number of para-hydroxylation sites is 1. The maximum absolute atomic E-state index is 14.2. The molecule has 6 atom stereocenters. The highest BCUT2D eigenvalue weighted by molar-refractivity contribution is 6.40. The van der Waals surface area contributed by atoms with E-state index in [4.69, 9.17) is 9.47 Å². The predicted octanol–water partition coefficient (Wildman–Crippen LogP) is 2.94. The second-order valence-electron chi connectivity index (χ2n) is 16.5. The van der Waals surface area contributed by atoms with Gasteiger partial charge in [0, 0.05) is 18.7 Å². The van der Waals surface area contributed by atoms with Crippen molar-refractivity contribution in [1.82, 2.24) is 26.6 Å². The molecule has 0 radical (unpaired) electrons. The van der Waals surface area contributed by atoms with E-state index in [1.165, 1.54) is 6.92 Å². The van der Waals surface area contributed by atoms with Crippen LogP contribution in [0.1, 0.15) is 80.2 Å². The van der Waals surface area contributed by atoms with Gasteiger partial charge in [0.2, 0.25) is 17.7 Å². The van der Waals surface area contributed by atoms with E-state index in [0.717, 1.165) is 19.8 Å². The van der Waals surface area contributed by atoms with Crippen LogP contribution in [0.2, 0.25) is 0 Å². The lowest BCUT2D eigenvalue weighted by Gasteiger charge is -2.28. The number of esters is 2. The molecule has 0 aliphatic heterocycles. The number of hydrogen-bond acceptors (Lipinski definition) is 12. The molecule has 21 heteroatoms. The Morgan fingerprint density at radius 1 is 0.746 bits per heavy atom. The van der Waals surface area contributed by atoms with E-state index in [1.807, 2.05) is 26.8 Å². The van der Waals surface area contributed by atoms with Crippen LogP contribution in [0.25, 0.3) is 0 Å². The van der Waals surface area contributed by atoms with Crippen molar-refractivity contribution in [2.75, 3.05) is 32.7 Å². The summed E-state index contributed by atoms with van der Waals surface area (Å²) in [4.78, 5) is 104. The lowest BCUT2D eigenvalue weighted by atomic mass is 9.86. The Labute approximate surface area is 363 Å². The SMILES string of the molecule is COC(=O)CC(NC(=O)[C@H](C)NC(=O)C(NC[C@H](CC(=O)OC)NC(=O)C(NC(=O)C(=O)Nc1ccccc1C(C)(C)C)C(C)C)C(C)C)C(=O)COC1=C(F)C(F)CC(F)=C1F. The van der Waals surface area contributed by atoms with Gasteiger partial charge >= 0.3 is 23.8 Å². The number of halogens is 4. The second-order valence-corrected chi connectivity index (χ2v) is 16.5. The average molecular weight is 899 g/mol. The molecule has 0 saturated carbocycles. The van der Waals surface area contributed by atoms with Gasteiger partial charge in [0.25, 0.3) is 0 Å². The molecule has 0 saturated heterocycles. The molecular formula is C42H58F4N6O11. The summed E-state index contributed by atoms with van der Waals surface area (Å²) < 4.78 is 69.8. The van der Waals surface area contributed by atoms with Crippen LogP contribution in [-0.2, 0) is 58.0 Å². The predicted molar refractivity (Wildman–Crippen MR) is 220 cm³/mol. The summed E-state index contributed by atoms with van der Waals surface area (Å²) in [6, 6.07) is 0.452. The van der Waals surface area contributed by atoms with Crippen LogP contribution in [0.15, 0.2) is 47.5 Å². The first-order valence-electron chi connectivity index (χ1n) is 20.1. The summed E-state index contributed by atoms with van der Waals surface area (Å²) in [6.07, 6.45) is -4.96. The zero-order chi connectivity index (χ0) is 47.9. The molecule has 350 valence electrons. The topological polar surface area (TPSA) is 236 Å². The molecular weight excluding hydrogens is 840 g/mol. The van der Waals surface area contributed by atoms with Crippen molar-refractivity contribution >= 4 is 52.9 Å². The number of alkyl halides is 1. The number of methoxy groups -OCH3 is 2. The number of amides is 5. The van der Waals surface area contributed by atoms with E-state index in [-0.39, 0.29) is 12.0 Å². The number of rotatable bonds is 21. The van der Waals surface area contributed by atoms with Crippen LogP contribution in [0.4, 0.5) is 23.2 Å².